The maximum atomic E-state index is 12.3. The second-order valence-corrected chi connectivity index (χ2v) is 8.09. The average molecular weight is 489 g/mol. The lowest BCUT2D eigenvalue weighted by Gasteiger charge is -2.08. The summed E-state index contributed by atoms with van der Waals surface area (Å²) in [6, 6.07) is 0. The highest BCUT2D eigenvalue weighted by Gasteiger charge is 2.13. The van der Waals surface area contributed by atoms with Crippen molar-refractivity contribution in [2.75, 3.05) is 51.9 Å². The zero-order valence-corrected chi connectivity index (χ0v) is 20.6. The molecule has 0 aliphatic carbocycles. The van der Waals surface area contributed by atoms with Crippen molar-refractivity contribution in [1.29, 1.82) is 0 Å². The predicted molar refractivity (Wildman–Crippen MR) is 132 cm³/mol. The smallest absolute Gasteiger partial charge is 0.328 e. The quantitative estimate of drug-likeness (QED) is 0.236. The number of anilines is 1. The summed E-state index contributed by atoms with van der Waals surface area (Å²) in [5.41, 5.74) is 7.93. The first kappa shape index (κ1) is 26.7. The lowest BCUT2D eigenvalue weighted by atomic mass is 10.3. The van der Waals surface area contributed by atoms with Gasteiger partial charge in [0.15, 0.2) is 11.5 Å². The van der Waals surface area contributed by atoms with Crippen LogP contribution in [0.1, 0.15) is 43.4 Å². The Morgan fingerprint density at radius 1 is 0.971 bits per heavy atom. The van der Waals surface area contributed by atoms with E-state index in [9.17, 15) is 4.79 Å². The van der Waals surface area contributed by atoms with E-state index in [1.54, 1.807) is 19.3 Å². The van der Waals surface area contributed by atoms with Gasteiger partial charge in [-0.25, -0.2) is 14.8 Å². The number of nitrogen functional groups attached to an aromatic ring is 1. The lowest BCUT2D eigenvalue weighted by molar-refractivity contribution is 0.0137. The molecule has 0 aliphatic rings. The Kier molecular flexibility index (Phi) is 11.0. The standard InChI is InChI=1S/C23H36N8O4/c1-3-4-7-33-9-11-35-12-10-34-8-5-6-25-13-18-14-27-19(15-26-18)16-31-22-20(30-23(31)32)21(24)28-17(2)29-22/h14-15,25H,3-13,16H2,1-2H3,(H,30,32)(H2,24,28,29). The van der Waals surface area contributed by atoms with Gasteiger partial charge in [-0.05, 0) is 26.3 Å². The third kappa shape index (κ3) is 8.66. The molecule has 3 rings (SSSR count). The predicted octanol–water partition coefficient (Wildman–Crippen LogP) is 1.18. The van der Waals surface area contributed by atoms with Crippen LogP contribution in [0.25, 0.3) is 11.2 Å². The van der Waals surface area contributed by atoms with Crippen LogP contribution in [0.3, 0.4) is 0 Å². The number of aromatic amines is 1. The van der Waals surface area contributed by atoms with Gasteiger partial charge in [-0.2, -0.15) is 0 Å². The number of nitrogens with one attached hydrogen (secondary N) is 2. The number of ether oxygens (including phenoxy) is 3. The second kappa shape index (κ2) is 14.5. The number of unbranched alkanes of at least 4 members (excludes halogenated alkanes) is 1. The van der Waals surface area contributed by atoms with Gasteiger partial charge in [-0.15, -0.1) is 0 Å². The Morgan fingerprint density at radius 3 is 2.31 bits per heavy atom. The van der Waals surface area contributed by atoms with Gasteiger partial charge in [-0.3, -0.25) is 14.5 Å². The highest BCUT2D eigenvalue weighted by atomic mass is 16.5. The fourth-order valence-corrected chi connectivity index (χ4v) is 3.33. The SMILES string of the molecule is CCCCOCCOCCOCCCNCc1cnc(Cn2c(=O)[nH]c3c(N)nc(C)nc32)cn1. The van der Waals surface area contributed by atoms with E-state index in [-0.39, 0.29) is 18.1 Å². The van der Waals surface area contributed by atoms with Gasteiger partial charge in [0, 0.05) is 19.8 Å². The van der Waals surface area contributed by atoms with Crippen molar-refractivity contribution >= 4 is 17.0 Å². The van der Waals surface area contributed by atoms with E-state index in [1.807, 2.05) is 0 Å². The summed E-state index contributed by atoms with van der Waals surface area (Å²) in [4.78, 5) is 32.3. The van der Waals surface area contributed by atoms with Crippen molar-refractivity contribution in [3.05, 3.63) is 40.1 Å². The summed E-state index contributed by atoms with van der Waals surface area (Å²) < 4.78 is 18.0. The molecule has 0 saturated carbocycles. The molecule has 0 atom stereocenters. The molecule has 0 unspecified atom stereocenters. The van der Waals surface area contributed by atoms with Gasteiger partial charge >= 0.3 is 5.69 Å². The van der Waals surface area contributed by atoms with Crippen LogP contribution in [-0.4, -0.2) is 75.7 Å². The fourth-order valence-electron chi connectivity index (χ4n) is 3.33. The summed E-state index contributed by atoms with van der Waals surface area (Å²) in [5, 5.41) is 3.33. The number of nitrogens with zero attached hydrogens (tertiary/aromatic N) is 5. The summed E-state index contributed by atoms with van der Waals surface area (Å²) >= 11 is 0. The van der Waals surface area contributed by atoms with Crippen LogP contribution in [0, 0.1) is 6.92 Å². The van der Waals surface area contributed by atoms with E-state index in [4.69, 9.17) is 19.9 Å². The number of hydrogen-bond donors (Lipinski definition) is 3. The van der Waals surface area contributed by atoms with Gasteiger partial charge in [-0.1, -0.05) is 13.3 Å². The Morgan fingerprint density at radius 2 is 1.63 bits per heavy atom. The van der Waals surface area contributed by atoms with E-state index in [0.29, 0.717) is 62.3 Å². The molecule has 192 valence electrons. The molecule has 0 saturated heterocycles. The minimum Gasteiger partial charge on any atom is -0.382 e. The first-order valence-electron chi connectivity index (χ1n) is 12.0. The van der Waals surface area contributed by atoms with Crippen molar-refractivity contribution in [3.63, 3.8) is 0 Å². The molecule has 0 aromatic carbocycles. The number of aryl methyl sites for hydroxylation is 1. The number of aromatic nitrogens is 6. The first-order chi connectivity index (χ1) is 17.1. The van der Waals surface area contributed by atoms with Gasteiger partial charge in [0.25, 0.3) is 0 Å². The first-order valence-corrected chi connectivity index (χ1v) is 12.0. The fraction of sp³-hybridized carbons (Fsp3) is 0.609. The Labute approximate surface area is 204 Å². The molecule has 0 bridgehead atoms. The number of H-pyrrole nitrogens is 1. The number of fused-ring (bicyclic) bond motifs is 1. The van der Waals surface area contributed by atoms with Crippen molar-refractivity contribution in [2.24, 2.45) is 0 Å². The Hall–Kier alpha value is -2.93. The molecule has 3 heterocycles. The topological polar surface area (TPSA) is 155 Å². The zero-order chi connectivity index (χ0) is 24.9. The van der Waals surface area contributed by atoms with Gasteiger partial charge in [0.2, 0.25) is 0 Å². The van der Waals surface area contributed by atoms with E-state index in [0.717, 1.165) is 38.1 Å². The molecular formula is C23H36N8O4. The van der Waals surface area contributed by atoms with E-state index in [1.165, 1.54) is 4.57 Å². The molecule has 0 amide bonds. The van der Waals surface area contributed by atoms with Gasteiger partial charge in [0.05, 0.1) is 56.8 Å². The molecule has 12 nitrogen and oxygen atoms in total. The number of nitrogens with two attached hydrogens (primary N) is 1. The van der Waals surface area contributed by atoms with Crippen LogP contribution >= 0.6 is 0 Å². The van der Waals surface area contributed by atoms with Crippen LogP contribution in [-0.2, 0) is 27.3 Å². The molecule has 0 aliphatic heterocycles. The number of hydrogen-bond acceptors (Lipinski definition) is 10. The van der Waals surface area contributed by atoms with Crippen LogP contribution < -0.4 is 16.7 Å². The summed E-state index contributed by atoms with van der Waals surface area (Å²) in [6.07, 6.45) is 6.50. The molecule has 12 heteroatoms. The molecule has 0 spiro atoms. The van der Waals surface area contributed by atoms with Crippen LogP contribution in [0.15, 0.2) is 17.2 Å². The molecule has 3 aromatic rings. The average Bonchev–Trinajstić information content (AvgIpc) is 3.15. The van der Waals surface area contributed by atoms with Crippen molar-refractivity contribution in [1.82, 2.24) is 34.8 Å². The van der Waals surface area contributed by atoms with Crippen LogP contribution in [0.4, 0.5) is 5.82 Å². The minimum absolute atomic E-state index is 0.238. The normalized spacial score (nSPS) is 11.5. The number of imidazole rings is 1. The second-order valence-electron chi connectivity index (χ2n) is 8.09. The maximum Gasteiger partial charge on any atom is 0.328 e. The van der Waals surface area contributed by atoms with E-state index >= 15 is 0 Å². The van der Waals surface area contributed by atoms with Gasteiger partial charge in [0.1, 0.15) is 11.3 Å². The summed E-state index contributed by atoms with van der Waals surface area (Å²) in [6.45, 7) is 9.40. The molecule has 35 heavy (non-hydrogen) atoms. The zero-order valence-electron chi connectivity index (χ0n) is 20.6. The monoisotopic (exact) mass is 488 g/mol. The third-order valence-corrected chi connectivity index (χ3v) is 5.18. The lowest BCUT2D eigenvalue weighted by Crippen LogP contribution is -2.20. The third-order valence-electron chi connectivity index (χ3n) is 5.18. The molecule has 0 fully saturated rings. The minimum atomic E-state index is -0.315. The molecule has 3 aromatic heterocycles. The van der Waals surface area contributed by atoms with Crippen LogP contribution in [0.5, 0.6) is 0 Å². The summed E-state index contributed by atoms with van der Waals surface area (Å²) in [7, 11) is 0. The van der Waals surface area contributed by atoms with E-state index < -0.39 is 0 Å². The Bertz CT molecular complexity index is 1080. The molecular weight excluding hydrogens is 452 g/mol. The maximum absolute atomic E-state index is 12.3. The largest absolute Gasteiger partial charge is 0.382 e. The van der Waals surface area contributed by atoms with Crippen molar-refractivity contribution in [3.8, 4) is 0 Å². The summed E-state index contributed by atoms with van der Waals surface area (Å²) in [5.74, 6) is 0.745. The molecule has 0 radical (unpaired) electrons. The highest BCUT2D eigenvalue weighted by molar-refractivity contribution is 5.81. The van der Waals surface area contributed by atoms with E-state index in [2.05, 4.69) is 37.2 Å². The van der Waals surface area contributed by atoms with Crippen molar-refractivity contribution < 1.29 is 14.2 Å². The number of rotatable bonds is 17. The highest BCUT2D eigenvalue weighted by Crippen LogP contribution is 2.14. The Balaban J connectivity index is 1.29. The van der Waals surface area contributed by atoms with Crippen LogP contribution in [0.2, 0.25) is 0 Å². The van der Waals surface area contributed by atoms with Gasteiger partial charge < -0.3 is 30.2 Å². The van der Waals surface area contributed by atoms with Crippen molar-refractivity contribution in [2.45, 2.75) is 46.2 Å². The molecule has 4 N–H and O–H groups in total.